The maximum atomic E-state index is 13.8. The molecule has 182 valence electrons. The van der Waals surface area contributed by atoms with E-state index >= 15 is 0 Å². The Balaban J connectivity index is 1.45. The lowest BCUT2D eigenvalue weighted by Crippen LogP contribution is -2.50. The summed E-state index contributed by atoms with van der Waals surface area (Å²) in [4.78, 5) is 29.3. The summed E-state index contributed by atoms with van der Waals surface area (Å²) in [6, 6.07) is 10.5. The highest BCUT2D eigenvalue weighted by atomic mass is 16.5. The topological polar surface area (TPSA) is 51.5 Å². The van der Waals surface area contributed by atoms with Crippen LogP contribution in [0.4, 0.5) is 0 Å². The Hall–Kier alpha value is -3.18. The summed E-state index contributed by atoms with van der Waals surface area (Å²) in [5.41, 5.74) is 4.04. The number of aromatic nitrogens is 1. The fourth-order valence-electron chi connectivity index (χ4n) is 5.71. The number of rotatable bonds is 7. The summed E-state index contributed by atoms with van der Waals surface area (Å²) in [5, 5.41) is 1.68. The number of carbonyl (C=O) groups excluding carboxylic acids is 1. The molecule has 0 bridgehead atoms. The number of carbonyl (C=O) groups is 1. The lowest BCUT2D eigenvalue weighted by atomic mass is 9.99. The van der Waals surface area contributed by atoms with Crippen molar-refractivity contribution in [2.24, 2.45) is 5.92 Å². The van der Waals surface area contributed by atoms with Crippen LogP contribution in [0.25, 0.3) is 12.2 Å². The van der Waals surface area contributed by atoms with E-state index in [0.29, 0.717) is 17.9 Å². The molecule has 1 heterocycles. The zero-order valence-electron chi connectivity index (χ0n) is 20.7. The van der Waals surface area contributed by atoms with Gasteiger partial charge in [-0.15, -0.1) is 0 Å². The Morgan fingerprint density at radius 2 is 1.80 bits per heavy atom. The molecule has 0 radical (unpaired) electrons. The molecule has 0 saturated heterocycles. The van der Waals surface area contributed by atoms with Crippen LogP contribution in [-0.2, 0) is 17.6 Å². The van der Waals surface area contributed by atoms with Crippen molar-refractivity contribution in [1.29, 1.82) is 0 Å². The van der Waals surface area contributed by atoms with E-state index in [4.69, 9.17) is 4.74 Å². The van der Waals surface area contributed by atoms with Crippen molar-refractivity contribution in [2.45, 2.75) is 57.6 Å². The van der Waals surface area contributed by atoms with Gasteiger partial charge >= 0.3 is 0 Å². The molecule has 0 fully saturated rings. The minimum absolute atomic E-state index is 0.120. The standard InChI is InChI=1S/C30H34N2O3/c1-31(25-13-4-3-5-14-25)30(35-2)26-20-24-12-8-9-15-27(24)32(29(26)34)28(33)17-16-21-18-22-10-6-7-11-23(22)19-21/h4,6-7,10-15,20-21,30H,3,5,8-9,16-19H2,1-2H3. The number of likely N-dealkylation sites (N-methyl/N-ethyl adjacent to an activating group) is 1. The van der Waals surface area contributed by atoms with Crippen molar-refractivity contribution < 1.29 is 9.53 Å². The van der Waals surface area contributed by atoms with E-state index in [1.54, 1.807) is 7.11 Å². The lowest BCUT2D eigenvalue weighted by Gasteiger charge is -2.30. The van der Waals surface area contributed by atoms with Gasteiger partial charge in [-0.05, 0) is 79.4 Å². The highest BCUT2D eigenvalue weighted by molar-refractivity contribution is 5.79. The molecule has 5 nitrogen and oxygen atoms in total. The Kier molecular flexibility index (Phi) is 6.87. The first-order valence-corrected chi connectivity index (χ1v) is 12.8. The molecule has 1 atom stereocenters. The van der Waals surface area contributed by atoms with Gasteiger partial charge in [0, 0.05) is 26.3 Å². The lowest BCUT2D eigenvalue weighted by molar-refractivity contribution is -0.000435. The van der Waals surface area contributed by atoms with Crippen molar-refractivity contribution in [3.63, 3.8) is 0 Å². The van der Waals surface area contributed by atoms with Gasteiger partial charge in [0.05, 0.1) is 10.9 Å². The Labute approximate surface area is 206 Å². The van der Waals surface area contributed by atoms with E-state index in [9.17, 15) is 9.59 Å². The minimum Gasteiger partial charge on any atom is -0.357 e. The van der Waals surface area contributed by atoms with Crippen LogP contribution < -0.4 is 16.1 Å². The molecule has 35 heavy (non-hydrogen) atoms. The molecule has 1 aromatic heterocycles. The van der Waals surface area contributed by atoms with Gasteiger partial charge in [0.2, 0.25) is 5.91 Å². The van der Waals surface area contributed by atoms with Crippen molar-refractivity contribution in [2.75, 3.05) is 14.2 Å². The highest BCUT2D eigenvalue weighted by Gasteiger charge is 2.26. The zero-order chi connectivity index (χ0) is 24.4. The molecule has 0 spiro atoms. The van der Waals surface area contributed by atoms with Crippen molar-refractivity contribution >= 4 is 18.1 Å². The highest BCUT2D eigenvalue weighted by Crippen LogP contribution is 2.29. The number of nitrogens with zero attached hydrogens (tertiary/aromatic N) is 2. The number of hydrogen-bond acceptors (Lipinski definition) is 4. The van der Waals surface area contributed by atoms with Gasteiger partial charge in [-0.25, -0.2) is 4.57 Å². The van der Waals surface area contributed by atoms with E-state index in [1.165, 1.54) is 15.7 Å². The van der Waals surface area contributed by atoms with E-state index < -0.39 is 6.23 Å². The monoisotopic (exact) mass is 470 g/mol. The number of ether oxygens (including phenoxy) is 1. The maximum Gasteiger partial charge on any atom is 0.265 e. The van der Waals surface area contributed by atoms with Crippen LogP contribution >= 0.6 is 0 Å². The van der Waals surface area contributed by atoms with Gasteiger partial charge in [-0.3, -0.25) is 9.59 Å². The molecule has 0 N–H and O–H groups in total. The number of benzene rings is 1. The second kappa shape index (κ2) is 10.2. The molecular weight excluding hydrogens is 436 g/mol. The average Bonchev–Trinajstić information content (AvgIpc) is 3.31. The van der Waals surface area contributed by atoms with E-state index in [-0.39, 0.29) is 11.5 Å². The molecule has 5 rings (SSSR count). The average molecular weight is 471 g/mol. The van der Waals surface area contributed by atoms with Gasteiger partial charge in [-0.2, -0.15) is 0 Å². The molecular formula is C30H34N2O3. The Bertz CT molecular complexity index is 1340. The fourth-order valence-corrected chi connectivity index (χ4v) is 5.71. The molecule has 5 heteroatoms. The fraction of sp³-hybridized carbons (Fsp3) is 0.400. The summed E-state index contributed by atoms with van der Waals surface area (Å²) in [6.45, 7) is 0. The van der Waals surface area contributed by atoms with Crippen LogP contribution in [-0.4, -0.2) is 29.5 Å². The first-order chi connectivity index (χ1) is 17.1. The second-order valence-corrected chi connectivity index (χ2v) is 9.85. The number of hydrogen-bond donors (Lipinski definition) is 0. The summed E-state index contributed by atoms with van der Waals surface area (Å²) in [7, 11) is 3.56. The molecule has 3 aliphatic carbocycles. The van der Waals surface area contributed by atoms with E-state index in [0.717, 1.165) is 61.2 Å². The van der Waals surface area contributed by atoms with Gasteiger partial charge < -0.3 is 9.64 Å². The van der Waals surface area contributed by atoms with Crippen LogP contribution in [0.1, 0.15) is 66.2 Å². The summed E-state index contributed by atoms with van der Waals surface area (Å²) in [6.07, 6.45) is 16.8. The number of fused-ring (bicyclic) bond motifs is 2. The molecule has 1 unspecified atom stereocenters. The number of pyridine rings is 1. The van der Waals surface area contributed by atoms with Crippen LogP contribution in [0.3, 0.4) is 0 Å². The third-order valence-corrected chi connectivity index (χ3v) is 7.54. The second-order valence-electron chi connectivity index (χ2n) is 9.85. The summed E-state index contributed by atoms with van der Waals surface area (Å²) in [5.74, 6) is 0.328. The van der Waals surface area contributed by atoms with Gasteiger partial charge in [0.1, 0.15) is 0 Å². The van der Waals surface area contributed by atoms with Crippen LogP contribution in [0.5, 0.6) is 0 Å². The first-order valence-electron chi connectivity index (χ1n) is 12.8. The minimum atomic E-state index is -0.569. The van der Waals surface area contributed by atoms with Crippen LogP contribution in [0, 0.1) is 5.92 Å². The molecule has 0 saturated carbocycles. The largest absolute Gasteiger partial charge is 0.357 e. The van der Waals surface area contributed by atoms with Crippen molar-refractivity contribution in [3.8, 4) is 0 Å². The first kappa shape index (κ1) is 23.6. The zero-order valence-corrected chi connectivity index (χ0v) is 20.7. The van der Waals surface area contributed by atoms with Crippen LogP contribution in [0.2, 0.25) is 0 Å². The molecule has 1 aromatic carbocycles. The molecule has 0 aliphatic heterocycles. The Morgan fingerprint density at radius 1 is 1.09 bits per heavy atom. The third-order valence-electron chi connectivity index (χ3n) is 7.54. The molecule has 2 aromatic rings. The smallest absolute Gasteiger partial charge is 0.265 e. The molecule has 3 aliphatic rings. The number of allylic oxidation sites excluding steroid dienone is 3. The van der Waals surface area contributed by atoms with Gasteiger partial charge in [0.15, 0.2) is 6.23 Å². The predicted molar refractivity (Wildman–Crippen MR) is 139 cm³/mol. The summed E-state index contributed by atoms with van der Waals surface area (Å²) < 4.78 is 7.26. The van der Waals surface area contributed by atoms with E-state index in [2.05, 4.69) is 48.6 Å². The normalized spacial score (nSPS) is 17.6. The SMILES string of the molecule is COC(c1cc2c(n(C(=O)CCC3Cc4ccccc4C3)c1=O)=CCCC=2)N(C)C1=CCCC=C1. The van der Waals surface area contributed by atoms with E-state index in [1.807, 2.05) is 24.1 Å². The molecule has 0 amide bonds. The van der Waals surface area contributed by atoms with Gasteiger partial charge in [-0.1, -0.05) is 48.6 Å². The van der Waals surface area contributed by atoms with Crippen molar-refractivity contribution in [3.05, 3.63) is 91.9 Å². The summed E-state index contributed by atoms with van der Waals surface area (Å²) >= 11 is 0. The third kappa shape index (κ3) is 4.70. The van der Waals surface area contributed by atoms with Gasteiger partial charge in [0.25, 0.3) is 5.56 Å². The maximum absolute atomic E-state index is 13.8. The van der Waals surface area contributed by atoms with Crippen LogP contribution in [0.15, 0.2) is 59.1 Å². The predicted octanol–water partition coefficient (Wildman–Crippen LogP) is 3.85. The van der Waals surface area contributed by atoms with Crippen molar-refractivity contribution in [1.82, 2.24) is 9.47 Å². The Morgan fingerprint density at radius 3 is 2.49 bits per heavy atom. The quantitative estimate of drug-likeness (QED) is 0.577. The number of methoxy groups -OCH3 is 1.